The summed E-state index contributed by atoms with van der Waals surface area (Å²) in [6.45, 7) is 4.87. The molecule has 2 amide bonds. The molecule has 134 valence electrons. The van der Waals surface area contributed by atoms with Crippen molar-refractivity contribution in [1.82, 2.24) is 10.3 Å². The summed E-state index contributed by atoms with van der Waals surface area (Å²) in [5.41, 5.74) is 0.765. The molecule has 1 aromatic heterocycles. The van der Waals surface area contributed by atoms with Gasteiger partial charge in [-0.3, -0.25) is 9.59 Å². The summed E-state index contributed by atoms with van der Waals surface area (Å²) in [6.07, 6.45) is 1.13. The molecule has 0 bridgehead atoms. The summed E-state index contributed by atoms with van der Waals surface area (Å²) < 4.78 is 12.0. The minimum atomic E-state index is -0.145. The van der Waals surface area contributed by atoms with Crippen LogP contribution in [0, 0.1) is 0 Å². The molecule has 1 aliphatic rings. The van der Waals surface area contributed by atoms with Gasteiger partial charge >= 0.3 is 0 Å². The zero-order valence-corrected chi connectivity index (χ0v) is 15.1. The molecule has 0 saturated carbocycles. The first-order valence-corrected chi connectivity index (χ1v) is 9.12. The van der Waals surface area contributed by atoms with Gasteiger partial charge in [0.05, 0.1) is 10.2 Å². The number of hydrogen-bond acceptors (Lipinski definition) is 6. The number of aromatic nitrogens is 1. The van der Waals surface area contributed by atoms with Crippen LogP contribution in [0.3, 0.4) is 0 Å². The number of nitrogens with one attached hydrogen (secondary N) is 2. The van der Waals surface area contributed by atoms with Crippen molar-refractivity contribution in [3.8, 4) is 11.5 Å². The summed E-state index contributed by atoms with van der Waals surface area (Å²) in [7, 11) is 0. The lowest BCUT2D eigenvalue weighted by atomic mass is 10.2. The number of rotatable bonds is 6. The lowest BCUT2D eigenvalue weighted by Gasteiger charge is -2.17. The summed E-state index contributed by atoms with van der Waals surface area (Å²) >= 11 is 1.39. The van der Waals surface area contributed by atoms with Crippen molar-refractivity contribution >= 4 is 38.5 Å². The zero-order chi connectivity index (χ0) is 17.8. The Bertz CT molecular complexity index is 745. The minimum absolute atomic E-state index is 0.0339. The molecule has 0 saturated heterocycles. The number of ether oxygens (including phenoxy) is 2. The SMILES string of the molecule is CC(C)NC(=O)CCCC(=O)Nc1nc2cc3c(cc2s1)OCCO3. The average molecular weight is 363 g/mol. The van der Waals surface area contributed by atoms with Crippen molar-refractivity contribution in [1.29, 1.82) is 0 Å². The van der Waals surface area contributed by atoms with Crippen LogP contribution in [0.25, 0.3) is 10.2 Å². The second-order valence-electron chi connectivity index (χ2n) is 6.11. The number of fused-ring (bicyclic) bond motifs is 2. The smallest absolute Gasteiger partial charge is 0.226 e. The molecule has 1 aliphatic heterocycles. The Balaban J connectivity index is 1.55. The van der Waals surface area contributed by atoms with E-state index in [4.69, 9.17) is 9.47 Å². The van der Waals surface area contributed by atoms with E-state index in [1.54, 1.807) is 0 Å². The monoisotopic (exact) mass is 363 g/mol. The predicted molar refractivity (Wildman–Crippen MR) is 96.4 cm³/mol. The Morgan fingerprint density at radius 2 is 1.84 bits per heavy atom. The van der Waals surface area contributed by atoms with Gasteiger partial charge in [-0.05, 0) is 20.3 Å². The highest BCUT2D eigenvalue weighted by atomic mass is 32.1. The minimum Gasteiger partial charge on any atom is -0.486 e. The zero-order valence-electron chi connectivity index (χ0n) is 14.3. The molecular weight excluding hydrogens is 342 g/mol. The molecule has 1 aromatic carbocycles. The Kier molecular flexibility index (Phi) is 5.37. The number of anilines is 1. The maximum absolute atomic E-state index is 12.0. The number of carbonyl (C=O) groups is 2. The molecule has 3 rings (SSSR count). The van der Waals surface area contributed by atoms with Crippen LogP contribution in [0.4, 0.5) is 5.13 Å². The number of nitrogens with zero attached hydrogens (tertiary/aromatic N) is 1. The Morgan fingerprint density at radius 1 is 1.16 bits per heavy atom. The van der Waals surface area contributed by atoms with Gasteiger partial charge in [0.15, 0.2) is 16.6 Å². The van der Waals surface area contributed by atoms with E-state index in [1.807, 2.05) is 26.0 Å². The second-order valence-corrected chi connectivity index (χ2v) is 7.14. The van der Waals surface area contributed by atoms with Crippen LogP contribution in [0.2, 0.25) is 0 Å². The first-order valence-electron chi connectivity index (χ1n) is 8.30. The molecule has 0 radical (unpaired) electrons. The molecule has 2 heterocycles. The average Bonchev–Trinajstić information content (AvgIpc) is 2.92. The predicted octanol–water partition coefficient (Wildman–Crippen LogP) is 2.70. The van der Waals surface area contributed by atoms with Crippen molar-refractivity contribution < 1.29 is 19.1 Å². The number of amides is 2. The molecule has 7 nitrogen and oxygen atoms in total. The molecule has 2 N–H and O–H groups in total. The number of hydrogen-bond donors (Lipinski definition) is 2. The first kappa shape index (κ1) is 17.5. The van der Waals surface area contributed by atoms with Gasteiger partial charge in [0.25, 0.3) is 0 Å². The van der Waals surface area contributed by atoms with Crippen LogP contribution < -0.4 is 20.1 Å². The van der Waals surface area contributed by atoms with Crippen LogP contribution in [0.1, 0.15) is 33.1 Å². The number of benzene rings is 1. The van der Waals surface area contributed by atoms with Gasteiger partial charge in [0, 0.05) is 31.0 Å². The highest BCUT2D eigenvalue weighted by Crippen LogP contribution is 2.37. The fraction of sp³-hybridized carbons (Fsp3) is 0.471. The normalized spacial score (nSPS) is 13.1. The third-order valence-corrected chi connectivity index (χ3v) is 4.49. The molecule has 0 aliphatic carbocycles. The van der Waals surface area contributed by atoms with E-state index in [1.165, 1.54) is 11.3 Å². The van der Waals surface area contributed by atoms with Crippen LogP contribution >= 0.6 is 11.3 Å². The van der Waals surface area contributed by atoms with E-state index in [0.717, 1.165) is 10.2 Å². The third-order valence-electron chi connectivity index (χ3n) is 3.56. The van der Waals surface area contributed by atoms with Gasteiger partial charge in [-0.2, -0.15) is 0 Å². The van der Waals surface area contributed by atoms with E-state index in [2.05, 4.69) is 15.6 Å². The van der Waals surface area contributed by atoms with Gasteiger partial charge in [0.1, 0.15) is 13.2 Å². The van der Waals surface area contributed by atoms with Crippen LogP contribution in [-0.2, 0) is 9.59 Å². The van der Waals surface area contributed by atoms with Gasteiger partial charge in [0.2, 0.25) is 11.8 Å². The topological polar surface area (TPSA) is 89.6 Å². The molecular formula is C17H21N3O4S. The largest absolute Gasteiger partial charge is 0.486 e. The van der Waals surface area contributed by atoms with Gasteiger partial charge in [-0.1, -0.05) is 11.3 Å². The van der Waals surface area contributed by atoms with Crippen LogP contribution in [0.15, 0.2) is 12.1 Å². The van der Waals surface area contributed by atoms with E-state index in [9.17, 15) is 9.59 Å². The van der Waals surface area contributed by atoms with Gasteiger partial charge in [-0.25, -0.2) is 4.98 Å². The van der Waals surface area contributed by atoms with Crippen LogP contribution in [0.5, 0.6) is 11.5 Å². The lowest BCUT2D eigenvalue weighted by molar-refractivity contribution is -0.121. The summed E-state index contributed by atoms with van der Waals surface area (Å²) in [6, 6.07) is 3.82. The van der Waals surface area contributed by atoms with Crippen LogP contribution in [-0.4, -0.2) is 36.1 Å². The molecule has 2 aromatic rings. The van der Waals surface area contributed by atoms with E-state index < -0.39 is 0 Å². The fourth-order valence-corrected chi connectivity index (χ4v) is 3.40. The van der Waals surface area contributed by atoms with Gasteiger partial charge < -0.3 is 20.1 Å². The molecule has 25 heavy (non-hydrogen) atoms. The van der Waals surface area contributed by atoms with Crippen molar-refractivity contribution in [2.75, 3.05) is 18.5 Å². The number of carbonyl (C=O) groups excluding carboxylic acids is 2. The van der Waals surface area contributed by atoms with Crippen molar-refractivity contribution in [2.45, 2.75) is 39.2 Å². The van der Waals surface area contributed by atoms with Crippen molar-refractivity contribution in [2.24, 2.45) is 0 Å². The molecule has 0 atom stereocenters. The van der Waals surface area contributed by atoms with E-state index in [-0.39, 0.29) is 24.3 Å². The Morgan fingerprint density at radius 3 is 2.56 bits per heavy atom. The quantitative estimate of drug-likeness (QED) is 0.824. The highest BCUT2D eigenvalue weighted by molar-refractivity contribution is 7.22. The molecule has 0 spiro atoms. The lowest BCUT2D eigenvalue weighted by Crippen LogP contribution is -2.29. The van der Waals surface area contributed by atoms with Crippen molar-refractivity contribution in [3.63, 3.8) is 0 Å². The maximum atomic E-state index is 12.0. The molecule has 8 heteroatoms. The fourth-order valence-electron chi connectivity index (χ4n) is 2.50. The summed E-state index contributed by atoms with van der Waals surface area (Å²) in [4.78, 5) is 28.0. The molecule has 0 fully saturated rings. The third kappa shape index (κ3) is 4.60. The molecule has 0 unspecified atom stereocenters. The standard InChI is InChI=1S/C17H21N3O4S/c1-10(2)18-15(21)4-3-5-16(22)20-17-19-11-8-12-13(9-14(11)25-17)24-7-6-23-12/h8-10H,3-7H2,1-2H3,(H,18,21)(H,19,20,22). The van der Waals surface area contributed by atoms with Crippen molar-refractivity contribution in [3.05, 3.63) is 12.1 Å². The Hall–Kier alpha value is -2.35. The first-order chi connectivity index (χ1) is 12.0. The Labute approximate surface area is 149 Å². The summed E-state index contributed by atoms with van der Waals surface area (Å²) in [5.74, 6) is 1.21. The van der Waals surface area contributed by atoms with Gasteiger partial charge in [-0.15, -0.1) is 0 Å². The summed E-state index contributed by atoms with van der Waals surface area (Å²) in [5, 5.41) is 6.13. The maximum Gasteiger partial charge on any atom is 0.226 e. The van der Waals surface area contributed by atoms with E-state index in [0.29, 0.717) is 42.7 Å². The number of thiazole rings is 1. The second kappa shape index (κ2) is 7.69. The highest BCUT2D eigenvalue weighted by Gasteiger charge is 2.16. The van der Waals surface area contributed by atoms with E-state index >= 15 is 0 Å².